The fourth-order valence-corrected chi connectivity index (χ4v) is 3.05. The molecule has 0 heterocycles. The Morgan fingerprint density at radius 1 is 0.500 bits per heavy atom. The first kappa shape index (κ1) is 18.0. The van der Waals surface area contributed by atoms with Gasteiger partial charge in [0.2, 0.25) is 0 Å². The average molecular weight is 255 g/mol. The molecule has 2 aliphatic carbocycles. The van der Waals surface area contributed by atoms with E-state index in [0.29, 0.717) is 0 Å². The van der Waals surface area contributed by atoms with Crippen LogP contribution in [0.2, 0.25) is 0 Å². The molecule has 1 heteroatoms. The smallest absolute Gasteiger partial charge is 0.00696 e. The van der Waals surface area contributed by atoms with Gasteiger partial charge in [0.1, 0.15) is 0 Å². The predicted octanol–water partition coefficient (Wildman–Crippen LogP) is 5.68. The summed E-state index contributed by atoms with van der Waals surface area (Å²) in [5, 5.41) is 3.90. The molecule has 0 amide bonds. The van der Waals surface area contributed by atoms with Gasteiger partial charge in [-0.1, -0.05) is 72.6 Å². The van der Waals surface area contributed by atoms with Gasteiger partial charge in [-0.25, -0.2) is 0 Å². The lowest BCUT2D eigenvalue weighted by Crippen LogP contribution is -2.39. The molecule has 2 fully saturated rings. The van der Waals surface area contributed by atoms with E-state index in [2.05, 4.69) is 5.32 Å². The van der Waals surface area contributed by atoms with Crippen molar-refractivity contribution in [3.05, 3.63) is 0 Å². The third-order valence-corrected chi connectivity index (χ3v) is 3.93. The summed E-state index contributed by atoms with van der Waals surface area (Å²) in [6.07, 6.45) is 16.0. The van der Waals surface area contributed by atoms with Crippen molar-refractivity contribution in [1.29, 1.82) is 0 Å². The van der Waals surface area contributed by atoms with E-state index in [0.717, 1.165) is 12.1 Å². The molecule has 0 aliphatic heterocycles. The van der Waals surface area contributed by atoms with Gasteiger partial charge in [-0.15, -0.1) is 0 Å². The first-order chi connectivity index (χ1) is 8.95. The van der Waals surface area contributed by atoms with Crippen LogP contribution in [0.3, 0.4) is 0 Å². The van der Waals surface area contributed by atoms with Crippen LogP contribution in [0, 0.1) is 0 Å². The molecule has 0 aromatic heterocycles. The molecule has 2 saturated carbocycles. The van der Waals surface area contributed by atoms with Crippen molar-refractivity contribution in [2.24, 2.45) is 0 Å². The zero-order valence-electron chi connectivity index (χ0n) is 13.4. The van der Waals surface area contributed by atoms with Gasteiger partial charge in [0.15, 0.2) is 0 Å². The zero-order chi connectivity index (χ0) is 13.6. The molecule has 18 heavy (non-hydrogen) atoms. The molecule has 0 radical (unpaired) electrons. The Kier molecular flexibility index (Phi) is 13.4. The van der Waals surface area contributed by atoms with Crippen LogP contribution in [0.15, 0.2) is 0 Å². The van der Waals surface area contributed by atoms with Gasteiger partial charge in [-0.3, -0.25) is 0 Å². The Hall–Kier alpha value is -0.0400. The predicted molar refractivity (Wildman–Crippen MR) is 84.2 cm³/mol. The number of rotatable bonds is 2. The molecule has 1 N–H and O–H groups in total. The summed E-state index contributed by atoms with van der Waals surface area (Å²) in [6.45, 7) is 8.00. The second-order valence-electron chi connectivity index (χ2n) is 5.19. The topological polar surface area (TPSA) is 12.0 Å². The van der Waals surface area contributed by atoms with E-state index in [1.165, 1.54) is 70.6 Å². The minimum absolute atomic E-state index is 0.862. The molecule has 0 aromatic rings. The second kappa shape index (κ2) is 13.4. The van der Waals surface area contributed by atoms with Crippen LogP contribution in [0.1, 0.15) is 98.3 Å². The summed E-state index contributed by atoms with van der Waals surface area (Å²) >= 11 is 0. The van der Waals surface area contributed by atoms with Crippen LogP contribution in [0.5, 0.6) is 0 Å². The largest absolute Gasteiger partial charge is 0.311 e. The van der Waals surface area contributed by atoms with E-state index < -0.39 is 0 Å². The van der Waals surface area contributed by atoms with Gasteiger partial charge in [-0.05, 0) is 25.7 Å². The molecule has 0 bridgehead atoms. The standard InChI is InChI=1S/C13H25N.2C2H6/c1-2-5-9-12(8-4-1)14-13-10-6-3-7-11-13;2*1-2/h12-14H,1-11H2;2*1-2H3. The molecule has 1 nitrogen and oxygen atoms in total. The van der Waals surface area contributed by atoms with Gasteiger partial charge in [0, 0.05) is 12.1 Å². The van der Waals surface area contributed by atoms with Crippen LogP contribution >= 0.6 is 0 Å². The van der Waals surface area contributed by atoms with Crippen LogP contribution in [0.4, 0.5) is 0 Å². The van der Waals surface area contributed by atoms with E-state index in [1.54, 1.807) is 0 Å². The Morgan fingerprint density at radius 2 is 0.778 bits per heavy atom. The van der Waals surface area contributed by atoms with E-state index >= 15 is 0 Å². The fraction of sp³-hybridized carbons (Fsp3) is 1.00. The Labute approximate surface area is 116 Å². The lowest BCUT2D eigenvalue weighted by molar-refractivity contribution is 0.320. The van der Waals surface area contributed by atoms with E-state index in [4.69, 9.17) is 0 Å². The second-order valence-corrected chi connectivity index (χ2v) is 5.19. The first-order valence-electron chi connectivity index (χ1n) is 8.71. The van der Waals surface area contributed by atoms with Gasteiger partial charge in [-0.2, -0.15) is 0 Å². The first-order valence-corrected chi connectivity index (χ1v) is 8.71. The number of hydrogen-bond donors (Lipinski definition) is 1. The normalized spacial score (nSPS) is 22.0. The Bertz CT molecular complexity index is 142. The molecular weight excluding hydrogens is 218 g/mol. The summed E-state index contributed by atoms with van der Waals surface area (Å²) in [4.78, 5) is 0. The van der Waals surface area contributed by atoms with Gasteiger partial charge in [0.25, 0.3) is 0 Å². The summed E-state index contributed by atoms with van der Waals surface area (Å²) in [7, 11) is 0. The molecule has 0 unspecified atom stereocenters. The van der Waals surface area contributed by atoms with Crippen molar-refractivity contribution < 1.29 is 0 Å². The van der Waals surface area contributed by atoms with Crippen LogP contribution < -0.4 is 5.32 Å². The van der Waals surface area contributed by atoms with Crippen LogP contribution in [0.25, 0.3) is 0 Å². The van der Waals surface area contributed by atoms with Crippen molar-refractivity contribution in [2.75, 3.05) is 0 Å². The molecule has 0 aromatic carbocycles. The molecular formula is C17H37N. The van der Waals surface area contributed by atoms with Gasteiger partial charge < -0.3 is 5.32 Å². The summed E-state index contributed by atoms with van der Waals surface area (Å²) in [6, 6.07) is 1.73. The highest BCUT2D eigenvalue weighted by Gasteiger charge is 2.18. The van der Waals surface area contributed by atoms with Crippen molar-refractivity contribution in [2.45, 2.75) is 110 Å². The van der Waals surface area contributed by atoms with Crippen LogP contribution in [-0.2, 0) is 0 Å². The summed E-state index contributed by atoms with van der Waals surface area (Å²) < 4.78 is 0. The SMILES string of the molecule is C1CCCC(NC2CCCCC2)CC1.CC.CC. The average Bonchev–Trinajstić information content (AvgIpc) is 2.73. The maximum atomic E-state index is 3.90. The molecule has 0 atom stereocenters. The van der Waals surface area contributed by atoms with Gasteiger partial charge >= 0.3 is 0 Å². The van der Waals surface area contributed by atoms with E-state index in [-0.39, 0.29) is 0 Å². The van der Waals surface area contributed by atoms with Crippen molar-refractivity contribution in [3.63, 3.8) is 0 Å². The molecule has 0 saturated heterocycles. The minimum atomic E-state index is 0.862. The highest BCUT2D eigenvalue weighted by Crippen LogP contribution is 2.22. The lowest BCUT2D eigenvalue weighted by Gasteiger charge is -2.27. The Balaban J connectivity index is 0.000000659. The van der Waals surface area contributed by atoms with E-state index in [9.17, 15) is 0 Å². The lowest BCUT2D eigenvalue weighted by atomic mass is 9.94. The molecule has 2 aliphatic rings. The Morgan fingerprint density at radius 3 is 1.11 bits per heavy atom. The highest BCUT2D eigenvalue weighted by atomic mass is 14.9. The van der Waals surface area contributed by atoms with Crippen molar-refractivity contribution in [3.8, 4) is 0 Å². The maximum Gasteiger partial charge on any atom is 0.00696 e. The maximum absolute atomic E-state index is 3.90. The fourth-order valence-electron chi connectivity index (χ4n) is 3.05. The summed E-state index contributed by atoms with van der Waals surface area (Å²) in [5.74, 6) is 0. The number of nitrogens with one attached hydrogen (secondary N) is 1. The highest BCUT2D eigenvalue weighted by molar-refractivity contribution is 4.78. The number of hydrogen-bond acceptors (Lipinski definition) is 1. The summed E-state index contributed by atoms with van der Waals surface area (Å²) in [5.41, 5.74) is 0. The van der Waals surface area contributed by atoms with Crippen molar-refractivity contribution in [1.82, 2.24) is 5.32 Å². The molecule has 110 valence electrons. The zero-order valence-corrected chi connectivity index (χ0v) is 13.4. The minimum Gasteiger partial charge on any atom is -0.311 e. The third kappa shape index (κ3) is 8.13. The monoisotopic (exact) mass is 255 g/mol. The van der Waals surface area contributed by atoms with Crippen LogP contribution in [-0.4, -0.2) is 12.1 Å². The molecule has 0 spiro atoms. The van der Waals surface area contributed by atoms with Gasteiger partial charge in [0.05, 0.1) is 0 Å². The quantitative estimate of drug-likeness (QED) is 0.626. The van der Waals surface area contributed by atoms with E-state index in [1.807, 2.05) is 27.7 Å². The third-order valence-electron chi connectivity index (χ3n) is 3.93. The molecule has 2 rings (SSSR count). The van der Waals surface area contributed by atoms with Crippen molar-refractivity contribution >= 4 is 0 Å².